The number of hydrogen-bond acceptors (Lipinski definition) is 6. The van der Waals surface area contributed by atoms with Gasteiger partial charge in [0, 0.05) is 64.6 Å². The molecule has 2 aliphatic rings. The van der Waals surface area contributed by atoms with Gasteiger partial charge >= 0.3 is 6.18 Å². The summed E-state index contributed by atoms with van der Waals surface area (Å²) in [6, 6.07) is 12.8. The van der Waals surface area contributed by atoms with E-state index >= 15 is 0 Å². The number of rotatable bonds is 12. The van der Waals surface area contributed by atoms with E-state index in [4.69, 9.17) is 15.7 Å². The molecule has 1 saturated heterocycles. The zero-order valence-electron chi connectivity index (χ0n) is 36.9. The Morgan fingerprint density at radius 2 is 1.72 bits per heavy atom. The van der Waals surface area contributed by atoms with Gasteiger partial charge in [-0.1, -0.05) is 66.2 Å². The largest absolute Gasteiger partial charge is 0.416 e. The van der Waals surface area contributed by atoms with Crippen LogP contribution >= 0.6 is 11.8 Å². The smallest absolute Gasteiger partial charge is 0.384 e. The molecule has 280 valence electrons. The van der Waals surface area contributed by atoms with Gasteiger partial charge in [0.1, 0.15) is 12.6 Å². The molecule has 0 saturated carbocycles. The number of ether oxygens (including phenoxy) is 1. The molecule has 1 atom stereocenters. The number of nitrogens with zero attached hydrogens (tertiary/aromatic N) is 3. The van der Waals surface area contributed by atoms with Crippen molar-refractivity contribution in [3.63, 3.8) is 0 Å². The van der Waals surface area contributed by atoms with Crippen LogP contribution in [-0.2, 0) is 28.0 Å². The van der Waals surface area contributed by atoms with E-state index in [2.05, 4.69) is 0 Å². The molecule has 0 aliphatic carbocycles. The lowest BCUT2D eigenvalue weighted by molar-refractivity contribution is -0.137. The van der Waals surface area contributed by atoms with Crippen LogP contribution < -0.4 is 4.90 Å². The second-order valence-corrected chi connectivity index (χ2v) is 13.6. The third-order valence-corrected chi connectivity index (χ3v) is 10.1. The number of likely N-dealkylation sites (tertiary alicyclic amines) is 1. The van der Waals surface area contributed by atoms with Crippen molar-refractivity contribution in [1.29, 1.82) is 0 Å². The number of piperidine rings is 1. The maximum atomic E-state index is 14.9. The summed E-state index contributed by atoms with van der Waals surface area (Å²) >= 11 is 0.801. The molecule has 4 aromatic carbocycles. The lowest BCUT2D eigenvalue weighted by Crippen LogP contribution is -2.50. The monoisotopic (exact) mass is 759 g/mol. The number of aliphatic hydroxyl groups excluding tert-OH is 1. The Hall–Kier alpha value is -4.23. The number of carbonyl (C=O) groups is 1. The highest BCUT2D eigenvalue weighted by atomic mass is 32.2. The normalized spacial score (nSPS) is 19.6. The first kappa shape index (κ1) is 29.2. The molecular weight excluding hydrogens is 710 g/mol. The van der Waals surface area contributed by atoms with Crippen LogP contribution in [0.5, 0.6) is 0 Å². The van der Waals surface area contributed by atoms with Crippen LogP contribution in [-0.4, -0.2) is 66.7 Å². The number of alkyl halides is 3. The van der Waals surface area contributed by atoms with Crippen LogP contribution in [0.2, 0.25) is 0 Å². The third kappa shape index (κ3) is 9.29. The van der Waals surface area contributed by atoms with Crippen LogP contribution in [0.3, 0.4) is 0 Å². The number of halogens is 5. The highest BCUT2D eigenvalue weighted by Crippen LogP contribution is 2.41. The molecule has 0 bridgehead atoms. The number of thioether (sulfide) groups is 1. The van der Waals surface area contributed by atoms with Gasteiger partial charge in [0.25, 0.3) is 0 Å². The van der Waals surface area contributed by atoms with Gasteiger partial charge in [0.05, 0.1) is 25.4 Å². The SMILES string of the molecule is [2H]C1=C(SCc2cccc(F)c2F)N(CC(=O)N(Cc2ccc(-c3ccc(C(F)(F)F)cc3)cc2)C2CCN(C([2H])([2H])C([2H])([2H])OC)CC2)c2c([2H])c([2H])c(C)c([2H])c2C1O. The Bertz CT molecular complexity index is 2310. The minimum Gasteiger partial charge on any atom is -0.384 e. The van der Waals surface area contributed by atoms with Crippen molar-refractivity contribution in [3.05, 3.63) is 135 Å². The van der Waals surface area contributed by atoms with Crippen molar-refractivity contribution in [2.45, 2.75) is 50.4 Å². The number of aliphatic hydroxyl groups is 1. The number of benzene rings is 4. The Labute approximate surface area is 322 Å². The first-order chi connectivity index (χ1) is 28.6. The van der Waals surface area contributed by atoms with Crippen LogP contribution in [0.15, 0.2) is 95.9 Å². The first-order valence-electron chi connectivity index (χ1n) is 20.8. The van der Waals surface area contributed by atoms with Crippen LogP contribution in [0.4, 0.5) is 27.6 Å². The van der Waals surface area contributed by atoms with Crippen LogP contribution in [0.25, 0.3) is 11.1 Å². The topological polar surface area (TPSA) is 56.3 Å². The lowest BCUT2D eigenvalue weighted by atomic mass is 9.99. The van der Waals surface area contributed by atoms with E-state index in [-0.39, 0.29) is 77.7 Å². The van der Waals surface area contributed by atoms with E-state index in [1.165, 1.54) is 45.9 Å². The molecular formula is C41H42F5N3O3S. The summed E-state index contributed by atoms with van der Waals surface area (Å²) in [6.07, 6.45) is -5.93. The van der Waals surface area contributed by atoms with E-state index in [1.54, 1.807) is 24.3 Å². The lowest BCUT2D eigenvalue weighted by Gasteiger charge is -2.40. The molecule has 4 aromatic rings. The molecule has 1 N–H and O–H groups in total. The second kappa shape index (κ2) is 16.8. The van der Waals surface area contributed by atoms with E-state index in [1.807, 2.05) is 0 Å². The molecule has 0 aromatic heterocycles. The van der Waals surface area contributed by atoms with Crippen molar-refractivity contribution >= 4 is 23.4 Å². The fourth-order valence-electron chi connectivity index (χ4n) is 6.27. The molecule has 0 spiro atoms. The fourth-order valence-corrected chi connectivity index (χ4v) is 7.29. The van der Waals surface area contributed by atoms with E-state index in [0.29, 0.717) is 16.7 Å². The number of amides is 1. The molecule has 0 radical (unpaired) electrons. The van der Waals surface area contributed by atoms with Crippen molar-refractivity contribution in [2.24, 2.45) is 0 Å². The van der Waals surface area contributed by atoms with Crippen molar-refractivity contribution in [3.8, 4) is 11.1 Å². The summed E-state index contributed by atoms with van der Waals surface area (Å²) in [5.74, 6) is -3.10. The summed E-state index contributed by atoms with van der Waals surface area (Å²) in [7, 11) is 1.06. The Balaban J connectivity index is 1.37. The molecule has 53 heavy (non-hydrogen) atoms. The summed E-state index contributed by atoms with van der Waals surface area (Å²) in [5, 5.41) is 11.3. The zero-order chi connectivity index (χ0) is 44.8. The van der Waals surface area contributed by atoms with E-state index < -0.39 is 73.1 Å². The molecule has 1 amide bonds. The predicted octanol–water partition coefficient (Wildman–Crippen LogP) is 8.73. The molecule has 2 aliphatic heterocycles. The van der Waals surface area contributed by atoms with Crippen molar-refractivity contribution in [2.75, 3.05) is 44.7 Å². The van der Waals surface area contributed by atoms with Crippen molar-refractivity contribution < 1.29 is 47.6 Å². The predicted molar refractivity (Wildman–Crippen MR) is 198 cm³/mol. The second-order valence-electron chi connectivity index (χ2n) is 12.6. The van der Waals surface area contributed by atoms with Gasteiger partial charge in [-0.25, -0.2) is 8.78 Å². The first-order valence-corrected chi connectivity index (χ1v) is 17.8. The number of carbonyl (C=O) groups excluding carboxylic acids is 1. The number of hydrogen-bond donors (Lipinski definition) is 1. The Morgan fingerprint density at radius 3 is 2.38 bits per heavy atom. The van der Waals surface area contributed by atoms with Gasteiger partial charge in [-0.2, -0.15) is 13.2 Å². The maximum absolute atomic E-state index is 14.9. The van der Waals surface area contributed by atoms with Crippen LogP contribution in [0, 0.1) is 18.6 Å². The molecule has 6 nitrogen and oxygen atoms in total. The Kier molecular flexibility index (Phi) is 9.27. The highest BCUT2D eigenvalue weighted by Gasteiger charge is 2.33. The summed E-state index contributed by atoms with van der Waals surface area (Å²) in [6.45, 7) is -4.43. The quantitative estimate of drug-likeness (QED) is 0.146. The van der Waals surface area contributed by atoms with Gasteiger partial charge in [-0.15, -0.1) is 11.8 Å². The van der Waals surface area contributed by atoms with Crippen molar-refractivity contribution in [1.82, 2.24) is 9.80 Å². The minimum absolute atomic E-state index is 0.00748. The number of anilines is 1. The molecule has 1 unspecified atom stereocenters. The average molecular weight is 760 g/mol. The van der Waals surface area contributed by atoms with Gasteiger partial charge in [-0.3, -0.25) is 4.79 Å². The van der Waals surface area contributed by atoms with Gasteiger partial charge < -0.3 is 24.5 Å². The number of methoxy groups -OCH3 is 1. The average Bonchev–Trinajstić information content (AvgIpc) is 3.23. The van der Waals surface area contributed by atoms with Gasteiger partial charge in [0.15, 0.2) is 11.6 Å². The third-order valence-electron chi connectivity index (χ3n) is 9.07. The molecule has 6 rings (SSSR count). The number of fused-ring (bicyclic) bond motifs is 1. The molecule has 1 fully saturated rings. The van der Waals surface area contributed by atoms with E-state index in [0.717, 1.165) is 37.1 Å². The molecule has 12 heteroatoms. The minimum atomic E-state index is -4.51. The standard InChI is InChI=1S/C41H42F5N3O3S/c1-27-6-15-36-34(22-27)37(50)23-39(53-26-31-4-3-5-35(42)40(31)43)49(36)25-38(51)48(33-16-18-47(19-17-33)20-21-52-2)24-28-7-9-29(10-8-28)30-11-13-32(14-12-30)41(44,45)46/h3-15,22-23,33,37,50H,16-21,24-26H2,1-2H3/i6D,15D,20D2,21D2,22D,23D. The van der Waals surface area contributed by atoms with E-state index in [9.17, 15) is 31.9 Å². The molecule has 2 heterocycles. The van der Waals surface area contributed by atoms with Gasteiger partial charge in [-0.05, 0) is 66.7 Å². The summed E-state index contributed by atoms with van der Waals surface area (Å²) < 4.78 is 142. The Morgan fingerprint density at radius 1 is 1.04 bits per heavy atom. The maximum Gasteiger partial charge on any atom is 0.416 e. The fraction of sp³-hybridized carbons (Fsp3) is 0.341. The summed E-state index contributed by atoms with van der Waals surface area (Å²) in [5.41, 5.74) is 0.537. The van der Waals surface area contributed by atoms with Gasteiger partial charge in [0.2, 0.25) is 5.91 Å². The van der Waals surface area contributed by atoms with Crippen LogP contribution in [0.1, 0.15) is 57.7 Å². The highest BCUT2D eigenvalue weighted by molar-refractivity contribution is 8.02. The zero-order valence-corrected chi connectivity index (χ0v) is 29.7. The summed E-state index contributed by atoms with van der Waals surface area (Å²) in [4.78, 5) is 18.9.